The van der Waals surface area contributed by atoms with Gasteiger partial charge in [0.05, 0.1) is 11.9 Å². The topological polar surface area (TPSA) is 86.8 Å². The fourth-order valence-corrected chi connectivity index (χ4v) is 6.61. The first kappa shape index (κ1) is 32.2. The first-order chi connectivity index (χ1) is 18.9. The summed E-state index contributed by atoms with van der Waals surface area (Å²) in [7, 11) is -3.56. The van der Waals surface area contributed by atoms with Crippen LogP contribution in [0.25, 0.3) is 0 Å². The molecule has 0 aliphatic heterocycles. The third-order valence-electron chi connectivity index (χ3n) is 7.62. The molecule has 0 aromatic heterocycles. The minimum Gasteiger partial charge on any atom is -0.352 e. The Labute approximate surface area is 249 Å². The summed E-state index contributed by atoms with van der Waals surface area (Å²) in [6, 6.07) is 10.1. The lowest BCUT2D eigenvalue weighted by Gasteiger charge is -2.33. The Hall–Kier alpha value is -2.29. The number of rotatable bonds is 12. The summed E-state index contributed by atoms with van der Waals surface area (Å²) in [6.45, 7) is 6.09. The van der Waals surface area contributed by atoms with Crippen molar-refractivity contribution in [1.29, 1.82) is 0 Å². The van der Waals surface area contributed by atoms with E-state index in [9.17, 15) is 18.0 Å². The van der Waals surface area contributed by atoms with Gasteiger partial charge in [0.2, 0.25) is 21.8 Å². The van der Waals surface area contributed by atoms with Gasteiger partial charge in [0.1, 0.15) is 6.04 Å². The van der Waals surface area contributed by atoms with Crippen LogP contribution in [-0.2, 0) is 26.2 Å². The van der Waals surface area contributed by atoms with Crippen molar-refractivity contribution in [1.82, 2.24) is 10.2 Å². The molecule has 2 aromatic carbocycles. The Morgan fingerprint density at radius 3 is 2.33 bits per heavy atom. The molecular weight excluding hydrogens is 569 g/mol. The monoisotopic (exact) mass is 609 g/mol. The second-order valence-corrected chi connectivity index (χ2v) is 13.5. The average Bonchev–Trinajstić information content (AvgIpc) is 2.89. The van der Waals surface area contributed by atoms with Crippen molar-refractivity contribution in [2.75, 3.05) is 17.1 Å². The Kier molecular flexibility index (Phi) is 11.7. The lowest BCUT2D eigenvalue weighted by Crippen LogP contribution is -2.51. The standard InChI is InChI=1S/C30H41Cl2N3O4S/c1-5-28(30(37)33-25-10-7-6-8-11-25)34(20-23-14-15-24(31)19-27(23)32)29(36)12-9-17-35(40(4,38)39)26-16-13-21(2)22(3)18-26/h13-16,18-19,25,28H,5-12,17,20H2,1-4H3,(H,33,37). The number of hydrogen-bond donors (Lipinski definition) is 1. The molecule has 3 rings (SSSR count). The van der Waals surface area contributed by atoms with E-state index >= 15 is 0 Å². The predicted octanol–water partition coefficient (Wildman–Crippen LogP) is 6.41. The summed E-state index contributed by atoms with van der Waals surface area (Å²) >= 11 is 12.5. The van der Waals surface area contributed by atoms with Gasteiger partial charge in [-0.25, -0.2) is 8.42 Å². The minimum absolute atomic E-state index is 0.0787. The summed E-state index contributed by atoms with van der Waals surface area (Å²) in [5.74, 6) is -0.397. The van der Waals surface area contributed by atoms with E-state index in [0.717, 1.165) is 36.8 Å². The van der Waals surface area contributed by atoms with Gasteiger partial charge in [0.15, 0.2) is 0 Å². The maximum absolute atomic E-state index is 13.7. The Balaban J connectivity index is 1.79. The van der Waals surface area contributed by atoms with E-state index in [0.29, 0.717) is 34.1 Å². The number of carbonyl (C=O) groups excluding carboxylic acids is 2. The van der Waals surface area contributed by atoms with Crippen LogP contribution in [0.15, 0.2) is 36.4 Å². The SMILES string of the molecule is CCC(C(=O)NC1CCCCC1)N(Cc1ccc(Cl)cc1Cl)C(=O)CCCN(c1ccc(C)c(C)c1)S(C)(=O)=O. The molecule has 220 valence electrons. The Morgan fingerprint density at radius 2 is 1.73 bits per heavy atom. The van der Waals surface area contributed by atoms with Crippen LogP contribution < -0.4 is 9.62 Å². The summed E-state index contributed by atoms with van der Waals surface area (Å²) in [5.41, 5.74) is 3.32. The van der Waals surface area contributed by atoms with Gasteiger partial charge in [0.25, 0.3) is 0 Å². The largest absolute Gasteiger partial charge is 0.352 e. The number of hydrogen-bond acceptors (Lipinski definition) is 4. The summed E-state index contributed by atoms with van der Waals surface area (Å²) < 4.78 is 26.6. The van der Waals surface area contributed by atoms with Crippen LogP contribution in [0.4, 0.5) is 5.69 Å². The van der Waals surface area contributed by atoms with Crippen LogP contribution in [-0.4, -0.2) is 50.0 Å². The number of benzene rings is 2. The third kappa shape index (κ3) is 8.85. The summed E-state index contributed by atoms with van der Waals surface area (Å²) in [6.07, 6.45) is 7.22. The van der Waals surface area contributed by atoms with Gasteiger partial charge in [-0.2, -0.15) is 0 Å². The van der Waals surface area contributed by atoms with Crippen molar-refractivity contribution >= 4 is 50.7 Å². The third-order valence-corrected chi connectivity index (χ3v) is 9.40. The molecule has 2 aromatic rings. The lowest BCUT2D eigenvalue weighted by atomic mass is 9.95. The molecule has 0 saturated heterocycles. The number of sulfonamides is 1. The number of aryl methyl sites for hydroxylation is 2. The molecule has 10 heteroatoms. The zero-order valence-electron chi connectivity index (χ0n) is 23.9. The number of nitrogens with one attached hydrogen (secondary N) is 1. The number of nitrogens with zero attached hydrogens (tertiary/aromatic N) is 2. The molecule has 0 bridgehead atoms. The Bertz CT molecular complexity index is 1300. The molecule has 1 N–H and O–H groups in total. The van der Waals surface area contributed by atoms with Crippen molar-refractivity contribution in [2.45, 2.75) is 90.8 Å². The maximum Gasteiger partial charge on any atom is 0.243 e. The van der Waals surface area contributed by atoms with E-state index in [1.54, 1.807) is 29.2 Å². The maximum atomic E-state index is 13.7. The number of carbonyl (C=O) groups is 2. The molecule has 2 amide bonds. The van der Waals surface area contributed by atoms with Gasteiger partial charge in [-0.1, -0.05) is 61.5 Å². The fraction of sp³-hybridized carbons (Fsp3) is 0.533. The molecule has 1 saturated carbocycles. The smallest absolute Gasteiger partial charge is 0.243 e. The molecule has 0 heterocycles. The van der Waals surface area contributed by atoms with E-state index in [2.05, 4.69) is 5.32 Å². The van der Waals surface area contributed by atoms with E-state index in [1.165, 1.54) is 17.0 Å². The minimum atomic E-state index is -3.56. The first-order valence-electron chi connectivity index (χ1n) is 14.0. The molecular formula is C30H41Cl2N3O4S. The van der Waals surface area contributed by atoms with Crippen LogP contribution >= 0.6 is 23.2 Å². The van der Waals surface area contributed by atoms with Crippen LogP contribution in [0, 0.1) is 13.8 Å². The number of amides is 2. The molecule has 1 atom stereocenters. The molecule has 0 spiro atoms. The van der Waals surface area contributed by atoms with E-state index in [-0.39, 0.29) is 37.4 Å². The summed E-state index contributed by atoms with van der Waals surface area (Å²) in [5, 5.41) is 4.07. The Morgan fingerprint density at radius 1 is 1.02 bits per heavy atom. The van der Waals surface area contributed by atoms with Crippen molar-refractivity contribution < 1.29 is 18.0 Å². The first-order valence-corrected chi connectivity index (χ1v) is 16.6. The van der Waals surface area contributed by atoms with Crippen LogP contribution in [0.5, 0.6) is 0 Å². The highest BCUT2D eigenvalue weighted by atomic mass is 35.5. The highest BCUT2D eigenvalue weighted by Gasteiger charge is 2.31. The van der Waals surface area contributed by atoms with Crippen LogP contribution in [0.1, 0.15) is 75.0 Å². The number of halogens is 2. The molecule has 1 aliphatic carbocycles. The van der Waals surface area contributed by atoms with Gasteiger partial charge in [0, 0.05) is 35.6 Å². The van der Waals surface area contributed by atoms with E-state index < -0.39 is 16.1 Å². The van der Waals surface area contributed by atoms with Crippen LogP contribution in [0.3, 0.4) is 0 Å². The van der Waals surface area contributed by atoms with Gasteiger partial charge >= 0.3 is 0 Å². The molecule has 0 radical (unpaired) electrons. The molecule has 7 nitrogen and oxygen atoms in total. The van der Waals surface area contributed by atoms with Crippen molar-refractivity contribution in [3.05, 3.63) is 63.1 Å². The zero-order valence-corrected chi connectivity index (χ0v) is 26.2. The molecule has 1 fully saturated rings. The van der Waals surface area contributed by atoms with Crippen molar-refractivity contribution in [3.8, 4) is 0 Å². The zero-order chi connectivity index (χ0) is 29.4. The normalized spacial score (nSPS) is 14.9. The van der Waals surface area contributed by atoms with E-state index in [4.69, 9.17) is 23.2 Å². The number of anilines is 1. The van der Waals surface area contributed by atoms with E-state index in [1.807, 2.05) is 32.9 Å². The molecule has 1 aliphatic rings. The molecule has 40 heavy (non-hydrogen) atoms. The quantitative estimate of drug-likeness (QED) is 0.301. The van der Waals surface area contributed by atoms with Crippen LogP contribution in [0.2, 0.25) is 10.0 Å². The van der Waals surface area contributed by atoms with Gasteiger partial charge in [-0.15, -0.1) is 0 Å². The fourth-order valence-electron chi connectivity index (χ4n) is 5.18. The predicted molar refractivity (Wildman–Crippen MR) is 163 cm³/mol. The van der Waals surface area contributed by atoms with Crippen molar-refractivity contribution in [2.24, 2.45) is 0 Å². The van der Waals surface area contributed by atoms with Gasteiger partial charge in [-0.05, 0) is 80.5 Å². The average molecular weight is 611 g/mol. The summed E-state index contributed by atoms with van der Waals surface area (Å²) in [4.78, 5) is 28.7. The second kappa shape index (κ2) is 14.6. The highest BCUT2D eigenvalue weighted by Crippen LogP contribution is 2.26. The van der Waals surface area contributed by atoms with Gasteiger partial charge in [-0.3, -0.25) is 13.9 Å². The highest BCUT2D eigenvalue weighted by molar-refractivity contribution is 7.92. The second-order valence-electron chi connectivity index (χ2n) is 10.7. The molecule has 1 unspecified atom stereocenters. The lowest BCUT2D eigenvalue weighted by molar-refractivity contribution is -0.141. The van der Waals surface area contributed by atoms with Crippen molar-refractivity contribution in [3.63, 3.8) is 0 Å². The van der Waals surface area contributed by atoms with Gasteiger partial charge < -0.3 is 10.2 Å².